The van der Waals surface area contributed by atoms with Crippen LogP contribution in [-0.2, 0) is 4.79 Å². The Bertz CT molecular complexity index is 667. The Labute approximate surface area is 128 Å². The largest absolute Gasteiger partial charge is 0.497 e. The van der Waals surface area contributed by atoms with Gasteiger partial charge < -0.3 is 9.84 Å². The van der Waals surface area contributed by atoms with E-state index in [-0.39, 0.29) is 0 Å². The fourth-order valence-electron chi connectivity index (χ4n) is 2.12. The first-order valence-electron chi connectivity index (χ1n) is 6.36. The van der Waals surface area contributed by atoms with E-state index in [1.54, 1.807) is 25.3 Å². The topological polar surface area (TPSA) is 46.5 Å². The highest BCUT2D eigenvalue weighted by Crippen LogP contribution is 2.28. The third kappa shape index (κ3) is 3.86. The lowest BCUT2D eigenvalue weighted by Crippen LogP contribution is -1.96. The first kappa shape index (κ1) is 15.1. The average molecular weight is 303 g/mol. The smallest absolute Gasteiger partial charge is 0.328 e. The molecule has 21 heavy (non-hydrogen) atoms. The Morgan fingerprint density at radius 1 is 1.14 bits per heavy atom. The molecule has 0 radical (unpaired) electrons. The summed E-state index contributed by atoms with van der Waals surface area (Å²) in [6.07, 6.45) is 1.19. The van der Waals surface area contributed by atoms with Crippen LogP contribution >= 0.6 is 11.6 Å². The van der Waals surface area contributed by atoms with Gasteiger partial charge in [-0.3, -0.25) is 0 Å². The highest BCUT2D eigenvalue weighted by molar-refractivity contribution is 6.30. The molecular formula is C17H15ClO3. The van der Waals surface area contributed by atoms with Crippen molar-refractivity contribution in [1.29, 1.82) is 0 Å². The monoisotopic (exact) mass is 302 g/mol. The molecule has 108 valence electrons. The van der Waals surface area contributed by atoms with Gasteiger partial charge in [-0.25, -0.2) is 4.79 Å². The van der Waals surface area contributed by atoms with Crippen LogP contribution in [0.25, 0.3) is 5.57 Å². The van der Waals surface area contributed by atoms with Crippen molar-refractivity contribution in [3.63, 3.8) is 0 Å². The molecule has 0 aromatic heterocycles. The standard InChI is InChI=1S/C17H15ClO3/c1-11-7-13(9-14(18)8-11)16(10-17(19)20)12-3-5-15(21-2)6-4-12/h3-10H,1-2H3,(H,19,20)/b16-10-. The molecule has 0 amide bonds. The SMILES string of the molecule is COc1ccc(/C(=C/C(=O)O)c2cc(C)cc(Cl)c2)cc1. The highest BCUT2D eigenvalue weighted by atomic mass is 35.5. The van der Waals surface area contributed by atoms with Crippen LogP contribution in [0.3, 0.4) is 0 Å². The Balaban J connectivity index is 2.55. The van der Waals surface area contributed by atoms with E-state index in [2.05, 4.69) is 0 Å². The summed E-state index contributed by atoms with van der Waals surface area (Å²) in [5.74, 6) is -0.283. The third-order valence-corrected chi connectivity index (χ3v) is 3.24. The first-order chi connectivity index (χ1) is 9.99. The predicted molar refractivity (Wildman–Crippen MR) is 83.9 cm³/mol. The number of ether oxygens (including phenoxy) is 1. The van der Waals surface area contributed by atoms with Gasteiger partial charge >= 0.3 is 5.97 Å². The summed E-state index contributed by atoms with van der Waals surface area (Å²) >= 11 is 6.07. The maximum atomic E-state index is 11.1. The summed E-state index contributed by atoms with van der Waals surface area (Å²) in [5, 5.41) is 9.69. The second-order valence-corrected chi connectivity index (χ2v) is 5.08. The highest BCUT2D eigenvalue weighted by Gasteiger charge is 2.09. The van der Waals surface area contributed by atoms with Crippen LogP contribution in [-0.4, -0.2) is 18.2 Å². The van der Waals surface area contributed by atoms with Gasteiger partial charge in [-0.2, -0.15) is 0 Å². The van der Waals surface area contributed by atoms with Crippen LogP contribution in [0.1, 0.15) is 16.7 Å². The zero-order valence-electron chi connectivity index (χ0n) is 11.8. The minimum atomic E-state index is -1.00. The minimum absolute atomic E-state index is 0.579. The van der Waals surface area contributed by atoms with Crippen molar-refractivity contribution in [3.05, 3.63) is 70.3 Å². The van der Waals surface area contributed by atoms with Gasteiger partial charge in [0.1, 0.15) is 5.75 Å². The molecule has 0 heterocycles. The van der Waals surface area contributed by atoms with Gasteiger partial charge in [-0.15, -0.1) is 0 Å². The average Bonchev–Trinajstić information content (AvgIpc) is 2.43. The van der Waals surface area contributed by atoms with Gasteiger partial charge in [-0.05, 0) is 53.5 Å². The Hall–Kier alpha value is -2.26. The number of carboxylic acids is 1. The van der Waals surface area contributed by atoms with Gasteiger partial charge in [0, 0.05) is 11.1 Å². The number of carbonyl (C=O) groups is 1. The number of benzene rings is 2. The first-order valence-corrected chi connectivity index (χ1v) is 6.74. The molecule has 0 spiro atoms. The molecule has 2 aromatic rings. The number of hydrogen-bond acceptors (Lipinski definition) is 2. The van der Waals surface area contributed by atoms with E-state index < -0.39 is 5.97 Å². The Morgan fingerprint density at radius 3 is 2.33 bits per heavy atom. The lowest BCUT2D eigenvalue weighted by molar-refractivity contribution is -0.131. The molecule has 0 unspecified atom stereocenters. The zero-order chi connectivity index (χ0) is 15.4. The number of aliphatic carboxylic acids is 1. The van der Waals surface area contributed by atoms with Crippen molar-refractivity contribution < 1.29 is 14.6 Å². The van der Waals surface area contributed by atoms with Gasteiger partial charge in [0.25, 0.3) is 0 Å². The Kier molecular flexibility index (Phi) is 4.66. The summed E-state index contributed by atoms with van der Waals surface area (Å²) in [6, 6.07) is 12.7. The number of halogens is 1. The summed E-state index contributed by atoms with van der Waals surface area (Å²) in [4.78, 5) is 11.1. The van der Waals surface area contributed by atoms with E-state index in [4.69, 9.17) is 21.4 Å². The quantitative estimate of drug-likeness (QED) is 0.862. The normalized spacial score (nSPS) is 11.3. The van der Waals surface area contributed by atoms with E-state index in [9.17, 15) is 4.79 Å². The van der Waals surface area contributed by atoms with Crippen molar-refractivity contribution >= 4 is 23.1 Å². The minimum Gasteiger partial charge on any atom is -0.497 e. The molecule has 4 heteroatoms. The van der Waals surface area contributed by atoms with E-state index in [1.807, 2.05) is 31.2 Å². The molecule has 0 aliphatic carbocycles. The molecule has 2 rings (SSSR count). The number of rotatable bonds is 4. The second-order valence-electron chi connectivity index (χ2n) is 4.64. The summed E-state index contributed by atoms with van der Waals surface area (Å²) in [6.45, 7) is 1.92. The molecule has 0 aliphatic heterocycles. The van der Waals surface area contributed by atoms with Crippen molar-refractivity contribution in [1.82, 2.24) is 0 Å². The van der Waals surface area contributed by atoms with E-state index in [0.29, 0.717) is 10.6 Å². The lowest BCUT2D eigenvalue weighted by atomic mass is 9.96. The van der Waals surface area contributed by atoms with Gasteiger partial charge in [-0.1, -0.05) is 29.8 Å². The maximum absolute atomic E-state index is 11.1. The molecule has 1 N–H and O–H groups in total. The van der Waals surface area contributed by atoms with Gasteiger partial charge in [0.05, 0.1) is 7.11 Å². The Morgan fingerprint density at radius 2 is 1.81 bits per heavy atom. The number of aryl methyl sites for hydroxylation is 1. The van der Waals surface area contributed by atoms with Crippen LogP contribution in [0.2, 0.25) is 5.02 Å². The molecule has 0 saturated heterocycles. The second kappa shape index (κ2) is 6.46. The van der Waals surface area contributed by atoms with Crippen LogP contribution in [0.5, 0.6) is 5.75 Å². The maximum Gasteiger partial charge on any atom is 0.328 e. The predicted octanol–water partition coefficient (Wildman–Crippen LogP) is 4.17. The number of hydrogen-bond donors (Lipinski definition) is 1. The van der Waals surface area contributed by atoms with Crippen LogP contribution in [0.4, 0.5) is 0 Å². The lowest BCUT2D eigenvalue weighted by Gasteiger charge is -2.10. The van der Waals surface area contributed by atoms with Crippen molar-refractivity contribution in [2.75, 3.05) is 7.11 Å². The molecule has 0 bridgehead atoms. The fourth-order valence-corrected chi connectivity index (χ4v) is 2.41. The van der Waals surface area contributed by atoms with Crippen molar-refractivity contribution in [2.45, 2.75) is 6.92 Å². The molecular weight excluding hydrogens is 288 g/mol. The molecule has 0 fully saturated rings. The summed E-state index contributed by atoms with van der Waals surface area (Å²) in [5.41, 5.74) is 3.14. The summed E-state index contributed by atoms with van der Waals surface area (Å²) < 4.78 is 5.12. The molecule has 3 nitrogen and oxygen atoms in total. The van der Waals surface area contributed by atoms with E-state index in [1.165, 1.54) is 6.08 Å². The van der Waals surface area contributed by atoms with Crippen LogP contribution in [0.15, 0.2) is 48.5 Å². The van der Waals surface area contributed by atoms with Crippen molar-refractivity contribution in [3.8, 4) is 5.75 Å². The van der Waals surface area contributed by atoms with Gasteiger partial charge in [0.15, 0.2) is 0 Å². The fraction of sp³-hybridized carbons (Fsp3) is 0.118. The van der Waals surface area contributed by atoms with Crippen molar-refractivity contribution in [2.24, 2.45) is 0 Å². The van der Waals surface area contributed by atoms with E-state index >= 15 is 0 Å². The molecule has 0 aliphatic rings. The van der Waals surface area contributed by atoms with Gasteiger partial charge in [0.2, 0.25) is 0 Å². The molecule has 0 atom stereocenters. The van der Waals surface area contributed by atoms with Crippen LogP contribution < -0.4 is 4.74 Å². The number of methoxy groups -OCH3 is 1. The van der Waals surface area contributed by atoms with Crippen LogP contribution in [0, 0.1) is 6.92 Å². The number of carboxylic acid groups (broad SMARTS) is 1. The molecule has 0 saturated carbocycles. The molecule has 2 aromatic carbocycles. The third-order valence-electron chi connectivity index (χ3n) is 3.02. The zero-order valence-corrected chi connectivity index (χ0v) is 12.5. The summed E-state index contributed by atoms with van der Waals surface area (Å²) in [7, 11) is 1.59. The van der Waals surface area contributed by atoms with E-state index in [0.717, 1.165) is 22.4 Å².